The van der Waals surface area contributed by atoms with Crippen molar-refractivity contribution in [2.24, 2.45) is 0 Å². The fourth-order valence-electron chi connectivity index (χ4n) is 3.76. The lowest BCUT2D eigenvalue weighted by molar-refractivity contribution is -0.145. The zero-order valence-electron chi connectivity index (χ0n) is 16.3. The first-order chi connectivity index (χ1) is 14.0. The van der Waals surface area contributed by atoms with E-state index in [-0.39, 0.29) is 13.1 Å². The van der Waals surface area contributed by atoms with Gasteiger partial charge in [0.2, 0.25) is 0 Å². The Morgan fingerprint density at radius 2 is 0.967 bits per heavy atom. The zero-order valence-corrected chi connectivity index (χ0v) is 16.3. The number of nitrogens with zero attached hydrogens (tertiary/aromatic N) is 3. The van der Waals surface area contributed by atoms with E-state index in [0.717, 1.165) is 0 Å². The molecule has 170 valence electrons. The first-order valence-electron chi connectivity index (χ1n) is 9.27. The predicted molar refractivity (Wildman–Crippen MR) is 99.2 cm³/mol. The molecule has 1 aliphatic rings. The number of likely N-dealkylation sites (tertiary alicyclic amines) is 1. The molecular weight excluding hydrogens is 406 g/mol. The third kappa shape index (κ3) is 9.62. The van der Waals surface area contributed by atoms with E-state index < -0.39 is 74.7 Å². The van der Waals surface area contributed by atoms with E-state index in [0.29, 0.717) is 19.3 Å². The van der Waals surface area contributed by atoms with Gasteiger partial charge < -0.3 is 25.5 Å². The van der Waals surface area contributed by atoms with E-state index in [1.807, 2.05) is 0 Å². The molecule has 0 radical (unpaired) electrons. The number of carboxylic acids is 5. The summed E-state index contributed by atoms with van der Waals surface area (Å²) in [6, 6.07) is -0.954. The fourth-order valence-corrected chi connectivity index (χ4v) is 3.76. The van der Waals surface area contributed by atoms with Gasteiger partial charge in [0.1, 0.15) is 0 Å². The van der Waals surface area contributed by atoms with Gasteiger partial charge >= 0.3 is 29.8 Å². The van der Waals surface area contributed by atoms with Crippen LogP contribution in [0.1, 0.15) is 19.3 Å². The van der Waals surface area contributed by atoms with E-state index >= 15 is 0 Å². The first kappa shape index (κ1) is 25.3. The SMILES string of the molecule is O=C(O)CN(CC(=O)O)C[C@H]1CCC[C@@H](CN(CC(=O)O)CC(=O)O)N1CC(=O)O. The maximum Gasteiger partial charge on any atom is 0.317 e. The second kappa shape index (κ2) is 12.0. The van der Waals surface area contributed by atoms with E-state index in [2.05, 4.69) is 0 Å². The number of carboxylic acid groups (broad SMARTS) is 5. The highest BCUT2D eigenvalue weighted by molar-refractivity contribution is 5.73. The molecule has 0 aromatic rings. The van der Waals surface area contributed by atoms with Crippen molar-refractivity contribution < 1.29 is 49.5 Å². The molecule has 0 aliphatic carbocycles. The Balaban J connectivity index is 3.01. The van der Waals surface area contributed by atoms with Crippen LogP contribution < -0.4 is 0 Å². The molecule has 0 bridgehead atoms. The fraction of sp³-hybridized carbons (Fsp3) is 0.706. The van der Waals surface area contributed by atoms with Gasteiger partial charge in [0, 0.05) is 25.2 Å². The first-order valence-corrected chi connectivity index (χ1v) is 9.27. The van der Waals surface area contributed by atoms with Crippen molar-refractivity contribution in [2.45, 2.75) is 31.3 Å². The van der Waals surface area contributed by atoms with Gasteiger partial charge in [-0.2, -0.15) is 0 Å². The minimum Gasteiger partial charge on any atom is -0.480 e. The Morgan fingerprint density at radius 1 is 0.633 bits per heavy atom. The van der Waals surface area contributed by atoms with Crippen molar-refractivity contribution in [3.8, 4) is 0 Å². The van der Waals surface area contributed by atoms with Crippen molar-refractivity contribution in [1.82, 2.24) is 14.7 Å². The van der Waals surface area contributed by atoms with E-state index in [1.165, 1.54) is 9.80 Å². The van der Waals surface area contributed by atoms with Crippen LogP contribution >= 0.6 is 0 Å². The van der Waals surface area contributed by atoms with Crippen LogP contribution in [0.5, 0.6) is 0 Å². The standard InChI is InChI=1S/C17H27N3O10/c21-13(22)6-18(7-14(23)24)4-11-2-1-3-12(20(11)10-17(29)30)5-19(8-15(25)26)9-16(27)28/h11-12H,1-10H2,(H,21,22)(H,23,24)(H,25,26)(H,27,28)(H,29,30)/t11-,12+. The van der Waals surface area contributed by atoms with Crippen LogP contribution in [0.15, 0.2) is 0 Å². The maximum atomic E-state index is 11.4. The molecule has 0 aromatic carbocycles. The average molecular weight is 433 g/mol. The molecule has 1 fully saturated rings. The molecule has 0 aromatic heterocycles. The lowest BCUT2D eigenvalue weighted by Crippen LogP contribution is -2.57. The molecule has 0 unspecified atom stereocenters. The lowest BCUT2D eigenvalue weighted by atomic mass is 9.94. The third-order valence-corrected chi connectivity index (χ3v) is 4.70. The van der Waals surface area contributed by atoms with Crippen LogP contribution in [0.3, 0.4) is 0 Å². The summed E-state index contributed by atoms with van der Waals surface area (Å²) in [5.74, 6) is -6.03. The summed E-state index contributed by atoms with van der Waals surface area (Å²) in [5, 5.41) is 45.4. The topological polar surface area (TPSA) is 196 Å². The van der Waals surface area contributed by atoms with Gasteiger partial charge in [-0.25, -0.2) is 0 Å². The van der Waals surface area contributed by atoms with Crippen LogP contribution in [-0.2, 0) is 24.0 Å². The molecule has 30 heavy (non-hydrogen) atoms. The van der Waals surface area contributed by atoms with Gasteiger partial charge in [-0.05, 0) is 12.8 Å². The quantitative estimate of drug-likeness (QED) is 0.207. The van der Waals surface area contributed by atoms with Gasteiger partial charge in [0.25, 0.3) is 0 Å². The largest absolute Gasteiger partial charge is 0.480 e. The van der Waals surface area contributed by atoms with Gasteiger partial charge in [0.05, 0.1) is 32.7 Å². The van der Waals surface area contributed by atoms with Gasteiger partial charge in [-0.15, -0.1) is 0 Å². The number of carbonyl (C=O) groups is 5. The Kier molecular flexibility index (Phi) is 10.1. The highest BCUT2D eigenvalue weighted by Gasteiger charge is 2.35. The van der Waals surface area contributed by atoms with E-state index in [4.69, 9.17) is 20.4 Å². The van der Waals surface area contributed by atoms with Gasteiger partial charge in [-0.3, -0.25) is 38.7 Å². The van der Waals surface area contributed by atoms with Crippen LogP contribution in [-0.4, -0.2) is 128 Å². The number of rotatable bonds is 14. The summed E-state index contributed by atoms with van der Waals surface area (Å²) < 4.78 is 0. The van der Waals surface area contributed by atoms with Crippen LogP contribution in [0.25, 0.3) is 0 Å². The minimum atomic E-state index is -1.22. The second-order valence-corrected chi connectivity index (χ2v) is 7.22. The highest BCUT2D eigenvalue weighted by atomic mass is 16.4. The molecular formula is C17H27N3O10. The van der Waals surface area contributed by atoms with Crippen LogP contribution in [0.2, 0.25) is 0 Å². The Labute approximate surface area is 172 Å². The van der Waals surface area contributed by atoms with Gasteiger partial charge in [0.15, 0.2) is 0 Å². The molecule has 2 atom stereocenters. The summed E-state index contributed by atoms with van der Waals surface area (Å²) in [6.45, 7) is -2.54. The molecule has 1 rings (SSSR count). The van der Waals surface area contributed by atoms with E-state index in [9.17, 15) is 29.1 Å². The molecule has 13 heteroatoms. The normalized spacial score (nSPS) is 19.7. The molecule has 1 heterocycles. The maximum absolute atomic E-state index is 11.4. The van der Waals surface area contributed by atoms with Gasteiger partial charge in [-0.1, -0.05) is 6.42 Å². The van der Waals surface area contributed by atoms with Crippen molar-refractivity contribution in [3.05, 3.63) is 0 Å². The Bertz CT molecular complexity index is 578. The average Bonchev–Trinajstić information content (AvgIpc) is 2.54. The van der Waals surface area contributed by atoms with Crippen molar-refractivity contribution >= 4 is 29.8 Å². The summed E-state index contributed by atoms with van der Waals surface area (Å²) in [4.78, 5) is 59.5. The van der Waals surface area contributed by atoms with Crippen molar-refractivity contribution in [2.75, 3.05) is 45.8 Å². The second-order valence-electron chi connectivity index (χ2n) is 7.22. The molecule has 0 saturated carbocycles. The number of piperidine rings is 1. The lowest BCUT2D eigenvalue weighted by Gasteiger charge is -2.44. The zero-order chi connectivity index (χ0) is 22.8. The summed E-state index contributed by atoms with van der Waals surface area (Å²) in [6.07, 6.45) is 1.61. The number of hydrogen-bond donors (Lipinski definition) is 5. The summed E-state index contributed by atoms with van der Waals surface area (Å²) in [7, 11) is 0. The molecule has 13 nitrogen and oxygen atoms in total. The third-order valence-electron chi connectivity index (χ3n) is 4.70. The molecule has 5 N–H and O–H groups in total. The summed E-state index contributed by atoms with van der Waals surface area (Å²) >= 11 is 0. The van der Waals surface area contributed by atoms with Crippen LogP contribution in [0.4, 0.5) is 0 Å². The van der Waals surface area contributed by atoms with Crippen molar-refractivity contribution in [3.63, 3.8) is 0 Å². The predicted octanol–water partition coefficient (Wildman–Crippen LogP) is -1.76. The van der Waals surface area contributed by atoms with Crippen LogP contribution in [0, 0.1) is 0 Å². The smallest absolute Gasteiger partial charge is 0.317 e. The highest BCUT2D eigenvalue weighted by Crippen LogP contribution is 2.24. The molecule has 1 aliphatic heterocycles. The molecule has 1 saturated heterocycles. The van der Waals surface area contributed by atoms with E-state index in [1.54, 1.807) is 4.90 Å². The number of hydrogen-bond acceptors (Lipinski definition) is 8. The Morgan fingerprint density at radius 3 is 1.23 bits per heavy atom. The molecule has 0 amide bonds. The summed E-state index contributed by atoms with van der Waals surface area (Å²) in [5.41, 5.74) is 0. The Hall–Kier alpha value is -2.77. The number of aliphatic carboxylic acids is 5. The molecule has 0 spiro atoms. The monoisotopic (exact) mass is 433 g/mol. The minimum absolute atomic E-state index is 0.000239. The van der Waals surface area contributed by atoms with Crippen molar-refractivity contribution in [1.29, 1.82) is 0 Å².